The van der Waals surface area contributed by atoms with E-state index in [1.807, 2.05) is 13.1 Å². The first-order chi connectivity index (χ1) is 8.30. The van der Waals surface area contributed by atoms with Gasteiger partial charge in [-0.05, 0) is 18.4 Å². The summed E-state index contributed by atoms with van der Waals surface area (Å²) in [6, 6.07) is 1.91. The summed E-state index contributed by atoms with van der Waals surface area (Å²) in [5, 5.41) is 6.33. The van der Waals surface area contributed by atoms with Crippen LogP contribution in [0.2, 0.25) is 0 Å². The van der Waals surface area contributed by atoms with Crippen LogP contribution in [0.25, 0.3) is 0 Å². The maximum absolute atomic E-state index is 4.34. The van der Waals surface area contributed by atoms with Crippen molar-refractivity contribution in [3.63, 3.8) is 0 Å². The van der Waals surface area contributed by atoms with Gasteiger partial charge in [0.1, 0.15) is 5.82 Å². The van der Waals surface area contributed by atoms with E-state index in [2.05, 4.69) is 34.4 Å². The van der Waals surface area contributed by atoms with E-state index >= 15 is 0 Å². The number of nitrogens with zero attached hydrogens (tertiary/aromatic N) is 2. The van der Waals surface area contributed by atoms with Gasteiger partial charge in [-0.25, -0.2) is 4.98 Å². The first-order valence-corrected chi connectivity index (χ1v) is 6.54. The molecule has 0 saturated carbocycles. The maximum atomic E-state index is 4.34. The molecule has 0 bridgehead atoms. The molecule has 1 atom stereocenters. The Morgan fingerprint density at radius 3 is 2.82 bits per heavy atom. The highest BCUT2D eigenvalue weighted by atomic mass is 15.1. The fourth-order valence-electron chi connectivity index (χ4n) is 1.77. The summed E-state index contributed by atoms with van der Waals surface area (Å²) in [7, 11) is 1.83. The average molecular weight is 236 g/mol. The van der Waals surface area contributed by atoms with Crippen molar-refractivity contribution in [2.24, 2.45) is 5.92 Å². The Kier molecular flexibility index (Phi) is 6.37. The fourth-order valence-corrected chi connectivity index (χ4v) is 1.77. The molecule has 0 radical (unpaired) electrons. The number of aromatic nitrogens is 2. The maximum Gasteiger partial charge on any atom is 0.224 e. The van der Waals surface area contributed by atoms with E-state index in [4.69, 9.17) is 0 Å². The fraction of sp³-hybridized carbons (Fsp3) is 0.692. The quantitative estimate of drug-likeness (QED) is 0.728. The second-order valence-electron chi connectivity index (χ2n) is 4.31. The van der Waals surface area contributed by atoms with Crippen LogP contribution in [0.15, 0.2) is 12.3 Å². The number of hydrogen-bond acceptors (Lipinski definition) is 4. The molecule has 1 aromatic rings. The van der Waals surface area contributed by atoms with Crippen LogP contribution in [-0.4, -0.2) is 23.6 Å². The van der Waals surface area contributed by atoms with Crippen molar-refractivity contribution in [1.82, 2.24) is 9.97 Å². The highest BCUT2D eigenvalue weighted by Crippen LogP contribution is 2.14. The van der Waals surface area contributed by atoms with Gasteiger partial charge in [0.15, 0.2) is 0 Å². The Hall–Kier alpha value is -1.32. The van der Waals surface area contributed by atoms with Crippen molar-refractivity contribution in [3.8, 4) is 0 Å². The van der Waals surface area contributed by atoms with Gasteiger partial charge in [0.05, 0.1) is 0 Å². The minimum atomic E-state index is 0.664. The molecule has 17 heavy (non-hydrogen) atoms. The number of unbranched alkanes of at least 4 members (excludes halogenated alkanes) is 1. The van der Waals surface area contributed by atoms with E-state index in [0.717, 1.165) is 18.3 Å². The highest BCUT2D eigenvalue weighted by molar-refractivity contribution is 5.39. The molecule has 1 heterocycles. The zero-order chi connectivity index (χ0) is 12.5. The molecule has 4 heteroatoms. The van der Waals surface area contributed by atoms with Crippen LogP contribution in [0.3, 0.4) is 0 Å². The topological polar surface area (TPSA) is 49.8 Å². The summed E-state index contributed by atoms with van der Waals surface area (Å²) >= 11 is 0. The molecule has 0 aliphatic rings. The van der Waals surface area contributed by atoms with Gasteiger partial charge in [0.25, 0.3) is 0 Å². The van der Waals surface area contributed by atoms with Gasteiger partial charge in [-0.15, -0.1) is 0 Å². The van der Waals surface area contributed by atoms with E-state index < -0.39 is 0 Å². The second kappa shape index (κ2) is 7.87. The van der Waals surface area contributed by atoms with Crippen LogP contribution in [-0.2, 0) is 0 Å². The van der Waals surface area contributed by atoms with Crippen LogP contribution >= 0.6 is 0 Å². The van der Waals surface area contributed by atoms with Crippen molar-refractivity contribution in [2.45, 2.75) is 39.5 Å². The molecule has 0 aromatic carbocycles. The van der Waals surface area contributed by atoms with Crippen molar-refractivity contribution in [1.29, 1.82) is 0 Å². The van der Waals surface area contributed by atoms with Gasteiger partial charge < -0.3 is 10.6 Å². The van der Waals surface area contributed by atoms with Crippen molar-refractivity contribution in [3.05, 3.63) is 12.3 Å². The first kappa shape index (κ1) is 13.7. The lowest BCUT2D eigenvalue weighted by Gasteiger charge is -2.15. The summed E-state index contributed by atoms with van der Waals surface area (Å²) in [6.07, 6.45) is 6.87. The standard InChI is InChI=1S/C13H24N4/c1-4-6-7-11(5-2)10-16-12-8-9-15-13(14-3)17-12/h8-9,11H,4-7,10H2,1-3H3,(H2,14,15,16,17). The average Bonchev–Trinajstić information content (AvgIpc) is 2.39. The molecule has 0 spiro atoms. The number of rotatable bonds is 8. The predicted octanol–water partition coefficient (Wildman–Crippen LogP) is 3.15. The third-order valence-corrected chi connectivity index (χ3v) is 2.99. The molecule has 1 aromatic heterocycles. The zero-order valence-corrected chi connectivity index (χ0v) is 11.2. The van der Waals surface area contributed by atoms with Gasteiger partial charge in [0, 0.05) is 19.8 Å². The normalized spacial score (nSPS) is 12.2. The summed E-state index contributed by atoms with van der Waals surface area (Å²) in [6.45, 7) is 5.49. The molecule has 1 unspecified atom stereocenters. The predicted molar refractivity (Wildman–Crippen MR) is 73.4 cm³/mol. The van der Waals surface area contributed by atoms with Gasteiger partial charge in [-0.2, -0.15) is 4.98 Å². The Balaban J connectivity index is 2.41. The van der Waals surface area contributed by atoms with Gasteiger partial charge in [-0.1, -0.05) is 33.1 Å². The van der Waals surface area contributed by atoms with Crippen LogP contribution < -0.4 is 10.6 Å². The van der Waals surface area contributed by atoms with Crippen molar-refractivity contribution in [2.75, 3.05) is 24.2 Å². The Labute approximate surface area is 104 Å². The Bertz CT molecular complexity index is 314. The molecule has 0 amide bonds. The Morgan fingerprint density at radius 1 is 1.35 bits per heavy atom. The van der Waals surface area contributed by atoms with Crippen LogP contribution in [0.4, 0.5) is 11.8 Å². The van der Waals surface area contributed by atoms with E-state index in [1.165, 1.54) is 25.7 Å². The molecule has 96 valence electrons. The highest BCUT2D eigenvalue weighted by Gasteiger charge is 2.06. The summed E-state index contributed by atoms with van der Waals surface area (Å²) in [5.74, 6) is 2.30. The van der Waals surface area contributed by atoms with E-state index in [0.29, 0.717) is 5.95 Å². The van der Waals surface area contributed by atoms with E-state index in [9.17, 15) is 0 Å². The van der Waals surface area contributed by atoms with E-state index in [-0.39, 0.29) is 0 Å². The molecular weight excluding hydrogens is 212 g/mol. The molecule has 0 aliphatic carbocycles. The second-order valence-corrected chi connectivity index (χ2v) is 4.31. The summed E-state index contributed by atoms with van der Waals surface area (Å²) in [5.41, 5.74) is 0. The molecule has 0 saturated heterocycles. The van der Waals surface area contributed by atoms with Crippen LogP contribution in [0, 0.1) is 5.92 Å². The molecule has 0 fully saturated rings. The van der Waals surface area contributed by atoms with Crippen molar-refractivity contribution < 1.29 is 0 Å². The van der Waals surface area contributed by atoms with Gasteiger partial charge in [-0.3, -0.25) is 0 Å². The number of nitrogens with one attached hydrogen (secondary N) is 2. The minimum absolute atomic E-state index is 0.664. The third kappa shape index (κ3) is 5.02. The van der Waals surface area contributed by atoms with Crippen molar-refractivity contribution >= 4 is 11.8 Å². The van der Waals surface area contributed by atoms with Gasteiger partial charge in [0.2, 0.25) is 5.95 Å². The number of anilines is 2. The molecular formula is C13H24N4. The lowest BCUT2D eigenvalue weighted by atomic mass is 9.99. The van der Waals surface area contributed by atoms with E-state index in [1.54, 1.807) is 6.20 Å². The number of hydrogen-bond donors (Lipinski definition) is 2. The smallest absolute Gasteiger partial charge is 0.224 e. The summed E-state index contributed by atoms with van der Waals surface area (Å²) < 4.78 is 0. The Morgan fingerprint density at radius 2 is 2.18 bits per heavy atom. The molecule has 2 N–H and O–H groups in total. The molecule has 4 nitrogen and oxygen atoms in total. The first-order valence-electron chi connectivity index (χ1n) is 6.54. The van der Waals surface area contributed by atoms with Crippen LogP contribution in [0.5, 0.6) is 0 Å². The summed E-state index contributed by atoms with van der Waals surface area (Å²) in [4.78, 5) is 8.44. The lowest BCUT2D eigenvalue weighted by Crippen LogP contribution is -2.14. The van der Waals surface area contributed by atoms with Gasteiger partial charge >= 0.3 is 0 Å². The zero-order valence-electron chi connectivity index (χ0n) is 11.2. The lowest BCUT2D eigenvalue weighted by molar-refractivity contribution is 0.472. The molecule has 1 rings (SSSR count). The minimum Gasteiger partial charge on any atom is -0.370 e. The SMILES string of the molecule is CCCCC(CC)CNc1ccnc(NC)n1. The largest absolute Gasteiger partial charge is 0.370 e. The monoisotopic (exact) mass is 236 g/mol. The van der Waals surface area contributed by atoms with Crippen LogP contribution in [0.1, 0.15) is 39.5 Å². The third-order valence-electron chi connectivity index (χ3n) is 2.99. The molecule has 0 aliphatic heterocycles.